The maximum absolute atomic E-state index is 12.6. The Morgan fingerprint density at radius 2 is 1.38 bits per heavy atom. The van der Waals surface area contributed by atoms with Crippen molar-refractivity contribution in [2.75, 3.05) is 6.54 Å². The minimum atomic E-state index is -1.30. The number of nitrogens with one attached hydrogen (secondary N) is 3. The van der Waals surface area contributed by atoms with Crippen molar-refractivity contribution in [3.8, 4) is 0 Å². The van der Waals surface area contributed by atoms with Gasteiger partial charge in [0.2, 0.25) is 17.7 Å². The molecule has 3 amide bonds. The van der Waals surface area contributed by atoms with Crippen LogP contribution in [0.2, 0.25) is 0 Å². The summed E-state index contributed by atoms with van der Waals surface area (Å²) < 4.78 is 0. The topological polar surface area (TPSA) is 188 Å². The van der Waals surface area contributed by atoms with Crippen LogP contribution in [0.4, 0.5) is 0 Å². The summed E-state index contributed by atoms with van der Waals surface area (Å²) in [5, 5.41) is 25.1. The molecule has 0 saturated heterocycles. The lowest BCUT2D eigenvalue weighted by Crippen LogP contribution is -2.56. The van der Waals surface area contributed by atoms with Crippen LogP contribution in [-0.2, 0) is 24.0 Å². The molecule has 0 bridgehead atoms. The molecule has 5 atom stereocenters. The predicted octanol–water partition coefficient (Wildman–Crippen LogP) is -0.949. The summed E-state index contributed by atoms with van der Waals surface area (Å²) in [6.45, 7) is 6.54. The van der Waals surface area contributed by atoms with E-state index in [4.69, 9.17) is 10.8 Å². The van der Waals surface area contributed by atoms with Gasteiger partial charge in [-0.1, -0.05) is 40.5 Å². The van der Waals surface area contributed by atoms with E-state index in [-0.39, 0.29) is 11.8 Å². The number of nitrogens with two attached hydrogens (primary N) is 1. The third kappa shape index (κ3) is 9.37. The van der Waals surface area contributed by atoms with Crippen LogP contribution in [-0.4, -0.2) is 64.5 Å². The molecule has 0 aliphatic carbocycles. The average molecular weight is 416 g/mol. The lowest BCUT2D eigenvalue weighted by atomic mass is 9.95. The number of hydrogen-bond donors (Lipinski definition) is 6. The van der Waals surface area contributed by atoms with E-state index in [0.717, 1.165) is 0 Å². The smallest absolute Gasteiger partial charge is 0.326 e. The maximum atomic E-state index is 12.6. The minimum absolute atomic E-state index is 0.296. The molecule has 0 heterocycles. The lowest BCUT2D eigenvalue weighted by molar-refractivity contribution is -0.144. The number of carbonyl (C=O) groups excluding carboxylic acids is 3. The van der Waals surface area contributed by atoms with E-state index in [1.165, 1.54) is 0 Å². The first-order chi connectivity index (χ1) is 13.4. The second kappa shape index (κ2) is 12.7. The van der Waals surface area contributed by atoms with Crippen LogP contribution in [0.1, 0.15) is 47.0 Å². The first-order valence-corrected chi connectivity index (χ1v) is 9.52. The second-order valence-electron chi connectivity index (χ2n) is 7.06. The van der Waals surface area contributed by atoms with Crippen molar-refractivity contribution in [2.24, 2.45) is 17.6 Å². The molecule has 0 aromatic carbocycles. The van der Waals surface area contributed by atoms with Crippen molar-refractivity contribution in [1.82, 2.24) is 16.0 Å². The van der Waals surface area contributed by atoms with E-state index in [1.807, 2.05) is 6.92 Å². The number of amides is 3. The molecular formula is C18H32N4O7. The largest absolute Gasteiger partial charge is 0.481 e. The van der Waals surface area contributed by atoms with Gasteiger partial charge in [-0.25, -0.2) is 4.79 Å². The number of carboxylic acids is 2. The van der Waals surface area contributed by atoms with Gasteiger partial charge < -0.3 is 31.9 Å². The Kier molecular flexibility index (Phi) is 11.5. The van der Waals surface area contributed by atoms with E-state index in [1.54, 1.807) is 20.8 Å². The molecule has 11 heteroatoms. The second-order valence-corrected chi connectivity index (χ2v) is 7.06. The Labute approximate surface area is 169 Å². The minimum Gasteiger partial charge on any atom is -0.481 e. The zero-order chi connectivity index (χ0) is 22.7. The normalized spacial score (nSPS) is 15.9. The molecule has 11 nitrogen and oxygen atoms in total. The van der Waals surface area contributed by atoms with E-state index in [0.29, 0.717) is 12.8 Å². The van der Waals surface area contributed by atoms with Crippen LogP contribution in [0.3, 0.4) is 0 Å². The monoisotopic (exact) mass is 416 g/mol. The summed E-state index contributed by atoms with van der Waals surface area (Å²) in [6, 6.07) is -3.39. The molecule has 0 aromatic heterocycles. The highest BCUT2D eigenvalue weighted by molar-refractivity contribution is 5.93. The standard InChI is InChI=1S/C18H32N4O7/c1-5-9(3)14(17(27)22-15(18(28)29)10(4)6-2)21-12(23)8-20-16(26)11(19)7-13(24)25/h9-11,14-15H,5-8,19H2,1-4H3,(H,20,26)(H,21,23)(H,22,27)(H,24,25)(H,28,29). The Hall–Kier alpha value is -2.69. The summed E-state index contributed by atoms with van der Waals surface area (Å²) in [5.41, 5.74) is 5.40. The van der Waals surface area contributed by atoms with Gasteiger partial charge in [0.05, 0.1) is 19.0 Å². The van der Waals surface area contributed by atoms with Crippen molar-refractivity contribution in [3.63, 3.8) is 0 Å². The Balaban J connectivity index is 5.00. The van der Waals surface area contributed by atoms with Crippen molar-refractivity contribution in [3.05, 3.63) is 0 Å². The van der Waals surface area contributed by atoms with Crippen LogP contribution >= 0.6 is 0 Å². The van der Waals surface area contributed by atoms with Gasteiger partial charge in [-0.3, -0.25) is 19.2 Å². The fraction of sp³-hybridized carbons (Fsp3) is 0.722. The highest BCUT2D eigenvalue weighted by Crippen LogP contribution is 2.12. The first kappa shape index (κ1) is 26.3. The summed E-state index contributed by atoms with van der Waals surface area (Å²) in [7, 11) is 0. The number of rotatable bonds is 13. The summed E-state index contributed by atoms with van der Waals surface area (Å²) in [6.07, 6.45) is 0.493. The molecule has 0 radical (unpaired) electrons. The summed E-state index contributed by atoms with van der Waals surface area (Å²) >= 11 is 0. The third-order valence-electron chi connectivity index (χ3n) is 4.74. The molecule has 166 valence electrons. The highest BCUT2D eigenvalue weighted by atomic mass is 16.4. The molecule has 0 aliphatic rings. The van der Waals surface area contributed by atoms with Gasteiger partial charge in [-0.15, -0.1) is 0 Å². The highest BCUT2D eigenvalue weighted by Gasteiger charge is 2.32. The van der Waals surface area contributed by atoms with Crippen LogP contribution in [0.25, 0.3) is 0 Å². The Bertz CT molecular complexity index is 611. The SMILES string of the molecule is CCC(C)C(NC(=O)C(NC(=O)CNC(=O)C(N)CC(=O)O)C(C)CC)C(=O)O. The first-order valence-electron chi connectivity index (χ1n) is 9.52. The summed E-state index contributed by atoms with van der Waals surface area (Å²) in [5.74, 6) is -5.14. The third-order valence-corrected chi connectivity index (χ3v) is 4.74. The molecule has 29 heavy (non-hydrogen) atoms. The van der Waals surface area contributed by atoms with Crippen LogP contribution < -0.4 is 21.7 Å². The lowest BCUT2D eigenvalue weighted by Gasteiger charge is -2.27. The quantitative estimate of drug-likeness (QED) is 0.221. The van der Waals surface area contributed by atoms with Gasteiger partial charge in [-0.2, -0.15) is 0 Å². The van der Waals surface area contributed by atoms with Crippen molar-refractivity contribution < 1.29 is 34.2 Å². The molecule has 0 saturated carbocycles. The number of aliphatic carboxylic acids is 2. The molecule has 0 rings (SSSR count). The van der Waals surface area contributed by atoms with Crippen LogP contribution in [0.5, 0.6) is 0 Å². The Morgan fingerprint density at radius 1 is 0.862 bits per heavy atom. The fourth-order valence-corrected chi connectivity index (χ4v) is 2.43. The van der Waals surface area contributed by atoms with Gasteiger partial charge in [0.15, 0.2) is 0 Å². The van der Waals surface area contributed by atoms with Crippen molar-refractivity contribution in [1.29, 1.82) is 0 Å². The summed E-state index contributed by atoms with van der Waals surface area (Å²) in [4.78, 5) is 58.5. The predicted molar refractivity (Wildman–Crippen MR) is 104 cm³/mol. The molecule has 0 spiro atoms. The molecule has 0 fully saturated rings. The van der Waals surface area contributed by atoms with Crippen LogP contribution in [0, 0.1) is 11.8 Å². The maximum Gasteiger partial charge on any atom is 0.326 e. The zero-order valence-corrected chi connectivity index (χ0v) is 17.2. The van der Waals surface area contributed by atoms with Crippen molar-refractivity contribution in [2.45, 2.75) is 65.1 Å². The molecular weight excluding hydrogens is 384 g/mol. The van der Waals surface area contributed by atoms with Crippen LogP contribution in [0.15, 0.2) is 0 Å². The van der Waals surface area contributed by atoms with E-state index in [2.05, 4.69) is 16.0 Å². The van der Waals surface area contributed by atoms with E-state index in [9.17, 15) is 29.1 Å². The molecule has 5 unspecified atom stereocenters. The van der Waals surface area contributed by atoms with Gasteiger partial charge in [0.1, 0.15) is 12.1 Å². The molecule has 0 aliphatic heterocycles. The number of carbonyl (C=O) groups is 5. The van der Waals surface area contributed by atoms with E-state index >= 15 is 0 Å². The van der Waals surface area contributed by atoms with E-state index < -0.39 is 60.8 Å². The van der Waals surface area contributed by atoms with Gasteiger partial charge in [0, 0.05) is 0 Å². The molecule has 7 N–H and O–H groups in total. The average Bonchev–Trinajstić information content (AvgIpc) is 2.65. The van der Waals surface area contributed by atoms with Gasteiger partial charge in [-0.05, 0) is 11.8 Å². The number of carboxylic acid groups (broad SMARTS) is 2. The molecule has 0 aromatic rings. The van der Waals surface area contributed by atoms with Gasteiger partial charge >= 0.3 is 11.9 Å². The zero-order valence-electron chi connectivity index (χ0n) is 17.2. The fourth-order valence-electron chi connectivity index (χ4n) is 2.43. The van der Waals surface area contributed by atoms with Gasteiger partial charge in [0.25, 0.3) is 0 Å². The Morgan fingerprint density at radius 3 is 1.83 bits per heavy atom. The number of hydrogen-bond acceptors (Lipinski definition) is 6. The van der Waals surface area contributed by atoms with Crippen molar-refractivity contribution >= 4 is 29.7 Å².